The summed E-state index contributed by atoms with van der Waals surface area (Å²) in [5.41, 5.74) is 1.10. The number of carbonyl (C=O) groups is 1. The van der Waals surface area contributed by atoms with Crippen molar-refractivity contribution in [3.63, 3.8) is 0 Å². The first-order valence-corrected chi connectivity index (χ1v) is 8.15. The van der Waals surface area contributed by atoms with Crippen molar-refractivity contribution < 1.29 is 23.3 Å². The van der Waals surface area contributed by atoms with Gasteiger partial charge in [0.1, 0.15) is 5.82 Å². The molecule has 1 atom stereocenters. The van der Waals surface area contributed by atoms with Crippen LogP contribution in [-0.2, 0) is 9.53 Å². The maximum atomic E-state index is 13.0. The third kappa shape index (κ3) is 4.64. The molecular formula is C19H14FN3O5. The van der Waals surface area contributed by atoms with Gasteiger partial charge in [0.25, 0.3) is 11.6 Å². The Labute approximate surface area is 158 Å². The van der Waals surface area contributed by atoms with E-state index in [0.29, 0.717) is 11.1 Å². The number of carbonyl (C=O) groups excluding carboxylic acids is 1. The van der Waals surface area contributed by atoms with Crippen LogP contribution in [0.25, 0.3) is 17.5 Å². The molecule has 0 saturated heterocycles. The summed E-state index contributed by atoms with van der Waals surface area (Å²) in [6.07, 6.45) is 1.86. The molecule has 0 amide bonds. The molecule has 0 bridgehead atoms. The molecule has 0 spiro atoms. The van der Waals surface area contributed by atoms with Gasteiger partial charge >= 0.3 is 5.97 Å². The van der Waals surface area contributed by atoms with Crippen LogP contribution >= 0.6 is 0 Å². The topological polar surface area (TPSA) is 108 Å². The molecule has 28 heavy (non-hydrogen) atoms. The summed E-state index contributed by atoms with van der Waals surface area (Å²) in [6.45, 7) is 1.57. The lowest BCUT2D eigenvalue weighted by Gasteiger charge is -2.06. The minimum Gasteiger partial charge on any atom is -0.449 e. The molecule has 8 nitrogen and oxygen atoms in total. The van der Waals surface area contributed by atoms with E-state index < -0.39 is 17.0 Å². The fourth-order valence-electron chi connectivity index (χ4n) is 2.24. The molecule has 3 rings (SSSR count). The molecular weight excluding hydrogens is 369 g/mol. The summed E-state index contributed by atoms with van der Waals surface area (Å²) in [6, 6.07) is 11.2. The van der Waals surface area contributed by atoms with E-state index in [-0.39, 0.29) is 23.3 Å². The van der Waals surface area contributed by atoms with Gasteiger partial charge in [-0.25, -0.2) is 9.18 Å². The molecule has 0 radical (unpaired) electrons. The van der Waals surface area contributed by atoms with Crippen LogP contribution in [0.3, 0.4) is 0 Å². The Kier molecular flexibility index (Phi) is 5.54. The monoisotopic (exact) mass is 383 g/mol. The van der Waals surface area contributed by atoms with Gasteiger partial charge in [-0.1, -0.05) is 0 Å². The Bertz CT molecular complexity index is 1010. The van der Waals surface area contributed by atoms with Gasteiger partial charge in [-0.15, -0.1) is 10.2 Å². The van der Waals surface area contributed by atoms with Crippen molar-refractivity contribution in [3.05, 3.63) is 82.0 Å². The van der Waals surface area contributed by atoms with Crippen LogP contribution in [0.1, 0.15) is 24.5 Å². The molecule has 9 heteroatoms. The number of hydrogen-bond acceptors (Lipinski definition) is 7. The van der Waals surface area contributed by atoms with Crippen molar-refractivity contribution in [1.29, 1.82) is 0 Å². The fourth-order valence-corrected chi connectivity index (χ4v) is 2.24. The molecule has 3 aromatic rings. The fraction of sp³-hybridized carbons (Fsp3) is 0.105. The van der Waals surface area contributed by atoms with Gasteiger partial charge in [-0.05, 0) is 55.0 Å². The van der Waals surface area contributed by atoms with Crippen LogP contribution in [-0.4, -0.2) is 21.1 Å². The summed E-state index contributed by atoms with van der Waals surface area (Å²) in [5, 5.41) is 18.3. The molecule has 142 valence electrons. The Hall–Kier alpha value is -3.88. The van der Waals surface area contributed by atoms with Crippen molar-refractivity contribution in [3.8, 4) is 11.5 Å². The highest BCUT2D eigenvalue weighted by molar-refractivity contribution is 5.87. The van der Waals surface area contributed by atoms with E-state index in [1.165, 1.54) is 60.7 Å². The van der Waals surface area contributed by atoms with Crippen LogP contribution < -0.4 is 0 Å². The lowest BCUT2D eigenvalue weighted by Crippen LogP contribution is -2.06. The largest absolute Gasteiger partial charge is 0.449 e. The minimum atomic E-state index is -0.796. The first-order chi connectivity index (χ1) is 13.4. The third-order valence-electron chi connectivity index (χ3n) is 3.69. The first-order valence-electron chi connectivity index (χ1n) is 8.15. The number of nitro groups is 1. The summed E-state index contributed by atoms with van der Waals surface area (Å²) in [4.78, 5) is 22.1. The third-order valence-corrected chi connectivity index (χ3v) is 3.69. The number of benzene rings is 2. The van der Waals surface area contributed by atoms with Gasteiger partial charge < -0.3 is 9.15 Å². The first kappa shape index (κ1) is 18.9. The quantitative estimate of drug-likeness (QED) is 0.273. The molecule has 0 unspecified atom stereocenters. The number of rotatable bonds is 6. The molecule has 0 aliphatic carbocycles. The summed E-state index contributed by atoms with van der Waals surface area (Å²) in [5.74, 6) is -0.756. The molecule has 0 aliphatic heterocycles. The Morgan fingerprint density at radius 2 is 1.86 bits per heavy atom. The lowest BCUT2D eigenvalue weighted by atomic mass is 10.2. The molecule has 0 saturated carbocycles. The second-order valence-electron chi connectivity index (χ2n) is 5.71. The number of nitro benzene ring substituents is 1. The molecule has 1 aromatic heterocycles. The zero-order valence-corrected chi connectivity index (χ0v) is 14.6. The number of hydrogen-bond donors (Lipinski definition) is 0. The van der Waals surface area contributed by atoms with Crippen LogP contribution in [0, 0.1) is 15.9 Å². The van der Waals surface area contributed by atoms with Gasteiger partial charge in [0, 0.05) is 23.8 Å². The van der Waals surface area contributed by atoms with Gasteiger partial charge in [0.05, 0.1) is 4.92 Å². The predicted octanol–water partition coefficient (Wildman–Crippen LogP) is 4.10. The average Bonchev–Trinajstić information content (AvgIpc) is 3.17. The smallest absolute Gasteiger partial charge is 0.331 e. The molecule has 2 aromatic carbocycles. The summed E-state index contributed by atoms with van der Waals surface area (Å²) < 4.78 is 23.6. The van der Waals surface area contributed by atoms with Crippen LogP contribution in [0.5, 0.6) is 0 Å². The van der Waals surface area contributed by atoms with Crippen molar-refractivity contribution in [2.45, 2.75) is 13.0 Å². The van der Waals surface area contributed by atoms with Gasteiger partial charge in [0.15, 0.2) is 6.10 Å². The van der Waals surface area contributed by atoms with Gasteiger partial charge in [-0.3, -0.25) is 10.1 Å². The maximum Gasteiger partial charge on any atom is 0.331 e. The van der Waals surface area contributed by atoms with E-state index >= 15 is 0 Å². The second kappa shape index (κ2) is 8.21. The number of non-ortho nitro benzene ring substituents is 1. The highest BCUT2D eigenvalue weighted by Gasteiger charge is 2.18. The Morgan fingerprint density at radius 1 is 1.18 bits per heavy atom. The highest BCUT2D eigenvalue weighted by atomic mass is 19.1. The zero-order chi connectivity index (χ0) is 20.1. The van der Waals surface area contributed by atoms with Crippen molar-refractivity contribution >= 4 is 17.7 Å². The number of ether oxygens (including phenoxy) is 1. The summed E-state index contributed by atoms with van der Waals surface area (Å²) >= 11 is 0. The average molecular weight is 383 g/mol. The standard InChI is InChI=1S/C19H14FN3O5/c1-12(18-21-22-19(28-18)14-5-7-15(20)8-6-14)27-17(24)11-4-13-2-9-16(10-3-13)23(25)26/h2-12H,1H3/b11-4+/t12-/m0/s1. The van der Waals surface area contributed by atoms with Crippen molar-refractivity contribution in [2.24, 2.45) is 0 Å². The van der Waals surface area contributed by atoms with E-state index in [1.54, 1.807) is 6.92 Å². The van der Waals surface area contributed by atoms with Crippen molar-refractivity contribution in [1.82, 2.24) is 10.2 Å². The molecule has 0 aliphatic rings. The van der Waals surface area contributed by atoms with Crippen molar-refractivity contribution in [2.75, 3.05) is 0 Å². The minimum absolute atomic E-state index is 0.0401. The van der Waals surface area contributed by atoms with E-state index in [1.807, 2.05) is 0 Å². The maximum absolute atomic E-state index is 13.0. The normalized spacial score (nSPS) is 12.1. The molecule has 0 N–H and O–H groups in total. The van der Waals surface area contributed by atoms with Gasteiger partial charge in [0.2, 0.25) is 5.89 Å². The zero-order valence-electron chi connectivity index (χ0n) is 14.6. The SMILES string of the molecule is C[C@H](OC(=O)/C=C/c1ccc([N+](=O)[O-])cc1)c1nnc(-c2ccc(F)cc2)o1. The molecule has 1 heterocycles. The number of aromatic nitrogens is 2. The summed E-state index contributed by atoms with van der Waals surface area (Å²) in [7, 11) is 0. The number of nitrogens with zero attached hydrogens (tertiary/aromatic N) is 3. The predicted molar refractivity (Wildman–Crippen MR) is 96.3 cm³/mol. The van der Waals surface area contributed by atoms with E-state index in [2.05, 4.69) is 10.2 Å². The Morgan fingerprint density at radius 3 is 2.50 bits per heavy atom. The lowest BCUT2D eigenvalue weighted by molar-refractivity contribution is -0.384. The van der Waals surface area contributed by atoms with Gasteiger partial charge in [-0.2, -0.15) is 0 Å². The van der Waals surface area contributed by atoms with Crippen LogP contribution in [0.4, 0.5) is 10.1 Å². The Balaban J connectivity index is 1.61. The van der Waals surface area contributed by atoms with E-state index in [4.69, 9.17) is 9.15 Å². The van der Waals surface area contributed by atoms with E-state index in [0.717, 1.165) is 0 Å². The second-order valence-corrected chi connectivity index (χ2v) is 5.71. The number of halogens is 1. The van der Waals surface area contributed by atoms with E-state index in [9.17, 15) is 19.3 Å². The highest BCUT2D eigenvalue weighted by Crippen LogP contribution is 2.22. The van der Waals surface area contributed by atoms with Crippen LogP contribution in [0.2, 0.25) is 0 Å². The number of esters is 1. The van der Waals surface area contributed by atoms with Crippen LogP contribution in [0.15, 0.2) is 59.0 Å². The molecule has 0 fully saturated rings.